The van der Waals surface area contributed by atoms with Crippen LogP contribution in [0, 0.1) is 0 Å². The standard InChI is InChI=1S/C13H18N2O6S/c1-22(19,20)14-8-9-4-5-10(21-9)11(16)15-13(12(17)18)6-2-3-7-13/h4-5,14H,2-3,6-8H2,1H3,(H,15,16)(H,17,18). The van der Waals surface area contributed by atoms with Crippen LogP contribution in [0.25, 0.3) is 0 Å². The van der Waals surface area contributed by atoms with Crippen molar-refractivity contribution in [3.05, 3.63) is 23.7 Å². The van der Waals surface area contributed by atoms with Gasteiger partial charge in [-0.25, -0.2) is 17.9 Å². The SMILES string of the molecule is CS(=O)(=O)NCc1ccc(C(=O)NC2(C(=O)O)CCCC2)o1. The summed E-state index contributed by atoms with van der Waals surface area (Å²) in [5.74, 6) is -1.44. The summed E-state index contributed by atoms with van der Waals surface area (Å²) >= 11 is 0. The van der Waals surface area contributed by atoms with E-state index in [1.54, 1.807) is 0 Å². The van der Waals surface area contributed by atoms with E-state index in [1.807, 2.05) is 0 Å². The molecule has 1 saturated carbocycles. The molecular weight excluding hydrogens is 312 g/mol. The van der Waals surface area contributed by atoms with E-state index in [0.29, 0.717) is 12.8 Å². The van der Waals surface area contributed by atoms with Gasteiger partial charge < -0.3 is 14.8 Å². The zero-order valence-electron chi connectivity index (χ0n) is 12.1. The summed E-state index contributed by atoms with van der Waals surface area (Å²) in [7, 11) is -3.36. The molecule has 0 aromatic carbocycles. The van der Waals surface area contributed by atoms with Gasteiger partial charge in [0.2, 0.25) is 10.0 Å². The van der Waals surface area contributed by atoms with Crippen LogP contribution in [-0.2, 0) is 21.4 Å². The normalized spacial score (nSPS) is 17.3. The van der Waals surface area contributed by atoms with Gasteiger partial charge in [-0.1, -0.05) is 12.8 Å². The largest absolute Gasteiger partial charge is 0.480 e. The van der Waals surface area contributed by atoms with Gasteiger partial charge in [0.25, 0.3) is 5.91 Å². The molecule has 0 spiro atoms. The van der Waals surface area contributed by atoms with Crippen LogP contribution in [0.2, 0.25) is 0 Å². The maximum absolute atomic E-state index is 12.1. The Balaban J connectivity index is 2.04. The number of hydrogen-bond donors (Lipinski definition) is 3. The molecule has 0 aliphatic heterocycles. The number of amides is 1. The Morgan fingerprint density at radius 1 is 1.32 bits per heavy atom. The highest BCUT2D eigenvalue weighted by atomic mass is 32.2. The van der Waals surface area contributed by atoms with Gasteiger partial charge in [-0.05, 0) is 25.0 Å². The van der Waals surface area contributed by atoms with Crippen molar-refractivity contribution in [3.63, 3.8) is 0 Å². The van der Waals surface area contributed by atoms with Crippen molar-refractivity contribution in [1.82, 2.24) is 10.0 Å². The summed E-state index contributed by atoms with van der Waals surface area (Å²) in [6.45, 7) is -0.0732. The first-order chi connectivity index (χ1) is 10.2. The van der Waals surface area contributed by atoms with E-state index in [0.717, 1.165) is 19.1 Å². The third-order valence-electron chi connectivity index (χ3n) is 3.61. The lowest BCUT2D eigenvalue weighted by Crippen LogP contribution is -2.52. The quantitative estimate of drug-likeness (QED) is 0.695. The van der Waals surface area contributed by atoms with Crippen LogP contribution in [0.1, 0.15) is 42.0 Å². The maximum atomic E-state index is 12.1. The number of carboxylic acids is 1. The van der Waals surface area contributed by atoms with Crippen molar-refractivity contribution in [2.75, 3.05) is 6.26 Å². The van der Waals surface area contributed by atoms with E-state index >= 15 is 0 Å². The lowest BCUT2D eigenvalue weighted by molar-refractivity contribution is -0.144. The van der Waals surface area contributed by atoms with E-state index in [2.05, 4.69) is 10.0 Å². The molecule has 2 rings (SSSR count). The van der Waals surface area contributed by atoms with Gasteiger partial charge in [-0.3, -0.25) is 4.79 Å². The van der Waals surface area contributed by atoms with Crippen molar-refractivity contribution >= 4 is 21.9 Å². The third kappa shape index (κ3) is 3.86. The number of nitrogens with one attached hydrogen (secondary N) is 2. The predicted octanol–water partition coefficient (Wildman–Crippen LogP) is 0.456. The molecule has 1 aliphatic carbocycles. The van der Waals surface area contributed by atoms with E-state index in [4.69, 9.17) is 4.42 Å². The minimum absolute atomic E-state index is 0.0437. The highest BCUT2D eigenvalue weighted by Gasteiger charge is 2.43. The Bertz CT molecular complexity index is 672. The van der Waals surface area contributed by atoms with E-state index < -0.39 is 27.4 Å². The highest BCUT2D eigenvalue weighted by Crippen LogP contribution is 2.30. The Labute approximate surface area is 127 Å². The van der Waals surface area contributed by atoms with E-state index in [1.165, 1.54) is 12.1 Å². The van der Waals surface area contributed by atoms with Gasteiger partial charge in [-0.2, -0.15) is 0 Å². The first kappa shape index (κ1) is 16.5. The Hall–Kier alpha value is -1.87. The van der Waals surface area contributed by atoms with Crippen LogP contribution >= 0.6 is 0 Å². The summed E-state index contributed by atoms with van der Waals surface area (Å²) in [5.41, 5.74) is -1.24. The summed E-state index contributed by atoms with van der Waals surface area (Å²) in [4.78, 5) is 23.5. The van der Waals surface area contributed by atoms with Gasteiger partial charge in [0.15, 0.2) is 5.76 Å². The molecule has 0 radical (unpaired) electrons. The fourth-order valence-corrected chi connectivity index (χ4v) is 2.85. The van der Waals surface area contributed by atoms with Crippen LogP contribution in [0.3, 0.4) is 0 Å². The maximum Gasteiger partial charge on any atom is 0.329 e. The summed E-state index contributed by atoms with van der Waals surface area (Å²) in [5, 5.41) is 11.8. The van der Waals surface area contributed by atoms with Crippen molar-refractivity contribution in [3.8, 4) is 0 Å². The summed E-state index contributed by atoms with van der Waals surface area (Å²) in [6, 6.07) is 2.86. The van der Waals surface area contributed by atoms with Crippen LogP contribution in [0.15, 0.2) is 16.5 Å². The molecule has 22 heavy (non-hydrogen) atoms. The van der Waals surface area contributed by atoms with Gasteiger partial charge >= 0.3 is 5.97 Å². The number of rotatable bonds is 6. The molecule has 1 heterocycles. The zero-order chi connectivity index (χ0) is 16.4. The van der Waals surface area contributed by atoms with Crippen LogP contribution in [0.5, 0.6) is 0 Å². The lowest BCUT2D eigenvalue weighted by Gasteiger charge is -2.24. The Morgan fingerprint density at radius 2 is 1.95 bits per heavy atom. The summed E-state index contributed by atoms with van der Waals surface area (Å²) in [6.07, 6.45) is 3.28. The first-order valence-corrected chi connectivity index (χ1v) is 8.70. The molecule has 3 N–H and O–H groups in total. The number of carboxylic acid groups (broad SMARTS) is 1. The number of sulfonamides is 1. The Morgan fingerprint density at radius 3 is 2.50 bits per heavy atom. The van der Waals surface area contributed by atoms with Crippen LogP contribution in [-0.4, -0.2) is 37.2 Å². The molecule has 0 bridgehead atoms. The van der Waals surface area contributed by atoms with Crippen molar-refractivity contribution in [2.45, 2.75) is 37.8 Å². The highest BCUT2D eigenvalue weighted by molar-refractivity contribution is 7.88. The van der Waals surface area contributed by atoms with Gasteiger partial charge in [0.05, 0.1) is 12.8 Å². The molecule has 1 aromatic heterocycles. The lowest BCUT2D eigenvalue weighted by atomic mass is 9.98. The minimum atomic E-state index is -3.36. The monoisotopic (exact) mass is 330 g/mol. The second-order valence-corrected chi connectivity index (χ2v) is 7.24. The number of carbonyl (C=O) groups is 2. The fraction of sp³-hybridized carbons (Fsp3) is 0.538. The van der Waals surface area contributed by atoms with E-state index in [9.17, 15) is 23.1 Å². The molecule has 1 aromatic rings. The molecule has 122 valence electrons. The number of hydrogen-bond acceptors (Lipinski definition) is 5. The van der Waals surface area contributed by atoms with Gasteiger partial charge in [-0.15, -0.1) is 0 Å². The number of furan rings is 1. The fourth-order valence-electron chi connectivity index (χ4n) is 2.45. The van der Waals surface area contributed by atoms with Crippen molar-refractivity contribution in [2.24, 2.45) is 0 Å². The molecule has 1 amide bonds. The molecule has 1 fully saturated rings. The zero-order valence-corrected chi connectivity index (χ0v) is 12.9. The molecule has 0 atom stereocenters. The average molecular weight is 330 g/mol. The second kappa shape index (κ2) is 6.09. The number of carbonyl (C=O) groups excluding carboxylic acids is 1. The molecule has 1 aliphatic rings. The van der Waals surface area contributed by atoms with Crippen LogP contribution < -0.4 is 10.0 Å². The van der Waals surface area contributed by atoms with Gasteiger partial charge in [0, 0.05) is 0 Å². The first-order valence-electron chi connectivity index (χ1n) is 6.81. The molecule has 8 nitrogen and oxygen atoms in total. The molecule has 0 unspecified atom stereocenters. The second-order valence-electron chi connectivity index (χ2n) is 5.41. The molecule has 0 saturated heterocycles. The topological polar surface area (TPSA) is 126 Å². The third-order valence-corrected chi connectivity index (χ3v) is 4.28. The van der Waals surface area contributed by atoms with Gasteiger partial charge in [0.1, 0.15) is 11.3 Å². The predicted molar refractivity (Wildman–Crippen MR) is 76.7 cm³/mol. The van der Waals surface area contributed by atoms with Crippen molar-refractivity contribution in [1.29, 1.82) is 0 Å². The number of aliphatic carboxylic acids is 1. The van der Waals surface area contributed by atoms with Crippen LogP contribution in [0.4, 0.5) is 0 Å². The average Bonchev–Trinajstić information content (AvgIpc) is 3.04. The Kier molecular flexibility index (Phi) is 4.57. The molecule has 9 heteroatoms. The summed E-state index contributed by atoms with van der Waals surface area (Å²) < 4.78 is 29.5. The van der Waals surface area contributed by atoms with Crippen molar-refractivity contribution < 1.29 is 27.5 Å². The minimum Gasteiger partial charge on any atom is -0.480 e. The van der Waals surface area contributed by atoms with E-state index in [-0.39, 0.29) is 18.1 Å². The molecular formula is C13H18N2O6S. The smallest absolute Gasteiger partial charge is 0.329 e.